The molecule has 0 heterocycles. The van der Waals surface area contributed by atoms with Crippen LogP contribution in [0.5, 0.6) is 0 Å². The molecule has 1 unspecified atom stereocenters. The number of carbonyl (C=O) groups excluding carboxylic acids is 1. The fourth-order valence-electron chi connectivity index (χ4n) is 0.443. The maximum atomic E-state index is 10.7. The van der Waals surface area contributed by atoms with Gasteiger partial charge in [0.2, 0.25) is 0 Å². The highest BCUT2D eigenvalue weighted by atomic mass is 31.2. The van der Waals surface area contributed by atoms with E-state index in [1.54, 1.807) is 6.92 Å². The minimum absolute atomic E-state index is 0. The summed E-state index contributed by atoms with van der Waals surface area (Å²) in [6.07, 6.45) is -0.370. The predicted molar refractivity (Wildman–Crippen MR) is 41.9 cm³/mol. The number of hydrogen-bond acceptors (Lipinski definition) is 4. The summed E-state index contributed by atoms with van der Waals surface area (Å²) in [4.78, 5) is 18.6. The highest BCUT2D eigenvalue weighted by Gasteiger charge is 2.18. The second-order valence-corrected chi connectivity index (χ2v) is 3.85. The van der Waals surface area contributed by atoms with Crippen molar-refractivity contribution in [1.82, 2.24) is 6.15 Å². The van der Waals surface area contributed by atoms with Crippen molar-refractivity contribution < 1.29 is 23.9 Å². The second kappa shape index (κ2) is 6.14. The van der Waals surface area contributed by atoms with Gasteiger partial charge in [0, 0.05) is 0 Å². The second-order valence-electron chi connectivity index (χ2n) is 2.00. The Hall–Kier alpha value is -0.420. The van der Waals surface area contributed by atoms with Crippen molar-refractivity contribution in [3.63, 3.8) is 0 Å². The molecule has 0 saturated carbocycles. The molecule has 0 saturated heterocycles. The highest BCUT2D eigenvalue weighted by Crippen LogP contribution is 2.40. The van der Waals surface area contributed by atoms with Crippen molar-refractivity contribution >= 4 is 13.6 Å². The van der Waals surface area contributed by atoms with Gasteiger partial charge in [-0.1, -0.05) is 6.92 Å². The van der Waals surface area contributed by atoms with Gasteiger partial charge in [-0.05, 0) is 6.42 Å². The summed E-state index contributed by atoms with van der Waals surface area (Å²) >= 11 is 0. The Morgan fingerprint density at radius 3 is 2.50 bits per heavy atom. The van der Waals surface area contributed by atoms with Crippen LogP contribution < -0.4 is 11.3 Å². The Morgan fingerprint density at radius 1 is 1.67 bits per heavy atom. The summed E-state index contributed by atoms with van der Waals surface area (Å²) in [6, 6.07) is 0. The lowest BCUT2D eigenvalue weighted by molar-refractivity contribution is -0.301. The van der Waals surface area contributed by atoms with E-state index in [9.17, 15) is 14.5 Å². The third kappa shape index (κ3) is 7.68. The molecule has 0 aromatic heterocycles. The van der Waals surface area contributed by atoms with Gasteiger partial charge >= 0.3 is 7.60 Å². The van der Waals surface area contributed by atoms with Crippen molar-refractivity contribution in [2.45, 2.75) is 13.3 Å². The van der Waals surface area contributed by atoms with E-state index in [4.69, 9.17) is 4.89 Å². The van der Waals surface area contributed by atoms with Crippen LogP contribution in [0, 0.1) is 0 Å². The number of rotatable bonds is 5. The van der Waals surface area contributed by atoms with Crippen LogP contribution in [0.4, 0.5) is 0 Å². The van der Waals surface area contributed by atoms with Gasteiger partial charge in [-0.25, -0.2) is 0 Å². The quantitative estimate of drug-likeness (QED) is 0.589. The van der Waals surface area contributed by atoms with E-state index in [-0.39, 0.29) is 12.8 Å². The first-order valence-electron chi connectivity index (χ1n) is 3.14. The van der Waals surface area contributed by atoms with Crippen molar-refractivity contribution in [3.05, 3.63) is 0 Å². The van der Waals surface area contributed by atoms with Gasteiger partial charge in [-0.15, -0.1) is 0 Å². The molecule has 0 amide bonds. The van der Waals surface area contributed by atoms with Crippen LogP contribution >= 0.6 is 7.60 Å². The molecule has 0 radical (unpaired) electrons. The average Bonchev–Trinajstić information content (AvgIpc) is 1.81. The van der Waals surface area contributed by atoms with Crippen LogP contribution in [0.15, 0.2) is 0 Å². The van der Waals surface area contributed by atoms with Gasteiger partial charge in [0.05, 0.1) is 18.7 Å². The fourth-order valence-corrected chi connectivity index (χ4v) is 1.33. The van der Waals surface area contributed by atoms with E-state index in [0.29, 0.717) is 6.42 Å². The van der Waals surface area contributed by atoms with Crippen molar-refractivity contribution in [2.24, 2.45) is 0 Å². The molecule has 0 fully saturated rings. The Labute approximate surface area is 70.7 Å². The molecular weight excluding hydrogens is 185 g/mol. The van der Waals surface area contributed by atoms with Crippen molar-refractivity contribution in [1.29, 1.82) is 0 Å². The van der Waals surface area contributed by atoms with E-state index in [0.717, 1.165) is 0 Å². The first-order valence-corrected chi connectivity index (χ1v) is 4.90. The first-order chi connectivity index (χ1) is 4.98. The zero-order valence-corrected chi connectivity index (χ0v) is 8.04. The maximum Gasteiger partial charge on any atom is 0.333 e. The fraction of sp³-hybridized carbons (Fsp3) is 0.800. The van der Waals surface area contributed by atoms with Crippen LogP contribution in [-0.4, -0.2) is 23.6 Å². The van der Waals surface area contributed by atoms with E-state index in [1.165, 1.54) is 0 Å². The van der Waals surface area contributed by atoms with E-state index in [1.807, 2.05) is 0 Å². The lowest BCUT2D eigenvalue weighted by Crippen LogP contribution is -2.26. The molecule has 0 bridgehead atoms. The zero-order chi connectivity index (χ0) is 8.91. The molecule has 0 rings (SSSR count). The third-order valence-electron chi connectivity index (χ3n) is 0.826. The van der Waals surface area contributed by atoms with Crippen molar-refractivity contribution in [2.75, 3.05) is 12.8 Å². The third-order valence-corrected chi connectivity index (χ3v) is 2.07. The average molecular weight is 199 g/mol. The molecular formula is C5H14NO5P. The number of carbonyl (C=O) groups is 1. The Balaban J connectivity index is 0. The largest absolute Gasteiger partial charge is 0.549 e. The Morgan fingerprint density at radius 2 is 2.17 bits per heavy atom. The molecule has 6 nitrogen and oxygen atoms in total. The minimum Gasteiger partial charge on any atom is -0.549 e. The highest BCUT2D eigenvalue weighted by molar-refractivity contribution is 7.53. The first kappa shape index (κ1) is 14.1. The van der Waals surface area contributed by atoms with Crippen LogP contribution in [0.25, 0.3) is 0 Å². The number of carboxylic acid groups (broad SMARTS) is 1. The number of aliphatic carboxylic acids is 1. The van der Waals surface area contributed by atoms with Gasteiger partial charge in [0.15, 0.2) is 0 Å². The molecule has 0 aliphatic rings. The normalized spacial score (nSPS) is 14.5. The smallest absolute Gasteiger partial charge is 0.333 e. The van der Waals surface area contributed by atoms with Gasteiger partial charge in [0.25, 0.3) is 0 Å². The van der Waals surface area contributed by atoms with Gasteiger partial charge in [-0.2, -0.15) is 0 Å². The SMILES string of the molecule is CCCOP(=O)(O)CC(=O)[O-].[NH4+]. The van der Waals surface area contributed by atoms with Gasteiger partial charge < -0.3 is 25.5 Å². The van der Waals surface area contributed by atoms with E-state index < -0.39 is 19.7 Å². The van der Waals surface area contributed by atoms with Gasteiger partial charge in [-0.3, -0.25) is 4.57 Å². The summed E-state index contributed by atoms with van der Waals surface area (Å²) in [7, 11) is -3.93. The summed E-state index contributed by atoms with van der Waals surface area (Å²) in [5, 5.41) is 9.85. The monoisotopic (exact) mass is 199 g/mol. The van der Waals surface area contributed by atoms with E-state index >= 15 is 0 Å². The van der Waals surface area contributed by atoms with Crippen LogP contribution in [-0.2, 0) is 13.9 Å². The molecule has 5 N–H and O–H groups in total. The standard InChI is InChI=1S/C5H11O5P.H3N/c1-2-3-10-11(8,9)4-5(6)7;/h2-4H2,1H3,(H,6,7)(H,8,9);1H3. The summed E-state index contributed by atoms with van der Waals surface area (Å²) in [5.74, 6) is -1.58. The molecule has 0 aliphatic heterocycles. The summed E-state index contributed by atoms with van der Waals surface area (Å²) in [6.45, 7) is 1.83. The number of carboxylic acids is 1. The van der Waals surface area contributed by atoms with Crippen LogP contribution in [0.3, 0.4) is 0 Å². The Kier molecular flexibility index (Phi) is 7.22. The molecule has 7 heteroatoms. The molecule has 0 spiro atoms. The zero-order valence-electron chi connectivity index (χ0n) is 7.15. The lowest BCUT2D eigenvalue weighted by atomic mass is 10.5. The molecule has 0 aromatic rings. The van der Waals surface area contributed by atoms with Crippen LogP contribution in [0.1, 0.15) is 13.3 Å². The van der Waals surface area contributed by atoms with Crippen molar-refractivity contribution in [3.8, 4) is 0 Å². The summed E-state index contributed by atoms with van der Waals surface area (Å²) < 4.78 is 15.1. The summed E-state index contributed by atoms with van der Waals surface area (Å²) in [5.41, 5.74) is 0. The number of quaternary nitrogens is 1. The molecule has 74 valence electrons. The Bertz CT molecular complexity index is 183. The molecule has 1 atom stereocenters. The lowest BCUT2D eigenvalue weighted by Gasteiger charge is -2.11. The minimum atomic E-state index is -3.93. The van der Waals surface area contributed by atoms with Gasteiger partial charge in [0.1, 0.15) is 0 Å². The topological polar surface area (TPSA) is 123 Å². The molecule has 0 aromatic carbocycles. The molecule has 0 aliphatic carbocycles. The molecule has 12 heavy (non-hydrogen) atoms. The predicted octanol–water partition coefficient (Wildman–Crippen LogP) is -0.276. The number of hydrogen-bond donors (Lipinski definition) is 2. The van der Waals surface area contributed by atoms with Crippen LogP contribution in [0.2, 0.25) is 0 Å². The maximum absolute atomic E-state index is 10.7. The van der Waals surface area contributed by atoms with E-state index in [2.05, 4.69) is 4.52 Å².